The van der Waals surface area contributed by atoms with Gasteiger partial charge >= 0.3 is 125 Å². The van der Waals surface area contributed by atoms with Crippen molar-refractivity contribution in [3.05, 3.63) is 0 Å². The first-order valence-electron chi connectivity index (χ1n) is 7.45. The van der Waals surface area contributed by atoms with E-state index in [0.717, 1.165) is 19.5 Å². The molecule has 0 bridgehead atoms. The van der Waals surface area contributed by atoms with Gasteiger partial charge in [-0.25, -0.2) is 0 Å². The first-order chi connectivity index (χ1) is 9.39. The molecule has 0 saturated carbocycles. The molecular weight excluding hydrogens is 363 g/mol. The van der Waals surface area contributed by atoms with E-state index in [4.69, 9.17) is 16.0 Å². The molecule has 1 atom stereocenters. The molecule has 6 nitrogen and oxygen atoms in total. The van der Waals surface area contributed by atoms with Crippen molar-refractivity contribution in [3.63, 3.8) is 0 Å². The van der Waals surface area contributed by atoms with E-state index in [-0.39, 0.29) is 24.8 Å². The summed E-state index contributed by atoms with van der Waals surface area (Å²) in [6, 6.07) is 0. The minimum atomic E-state index is 0. The first-order valence-corrected chi connectivity index (χ1v) is 7.99. The summed E-state index contributed by atoms with van der Waals surface area (Å²) in [7, 11) is 0. The van der Waals surface area contributed by atoms with Gasteiger partial charge in [-0.3, -0.25) is 0 Å². The molecule has 0 amide bonds. The molecule has 1 aliphatic heterocycles. The Morgan fingerprint density at radius 2 is 1.10 bits per heavy atom. The Balaban J connectivity index is 0. The summed E-state index contributed by atoms with van der Waals surface area (Å²) in [5.41, 5.74) is 17.4. The van der Waals surface area contributed by atoms with Crippen LogP contribution < -0.4 is 57.8 Å². The van der Waals surface area contributed by atoms with Crippen molar-refractivity contribution in [2.24, 2.45) is 0 Å². The van der Waals surface area contributed by atoms with Gasteiger partial charge in [0.2, 0.25) is 0 Å². The summed E-state index contributed by atoms with van der Waals surface area (Å²) in [6.07, 6.45) is 11.4. The van der Waals surface area contributed by atoms with Crippen LogP contribution in [0.5, 0.6) is 0 Å². The molecule has 0 radical (unpaired) electrons. The first kappa shape index (κ1) is 24.1. The second-order valence-corrected chi connectivity index (χ2v) is 5.71. The van der Waals surface area contributed by atoms with Crippen molar-refractivity contribution >= 4 is 0 Å². The van der Waals surface area contributed by atoms with Crippen LogP contribution >= 0.6 is 0 Å². The van der Waals surface area contributed by atoms with Gasteiger partial charge in [-0.15, -0.1) is 0 Å². The normalized spacial score (nSPS) is 24.8. The van der Waals surface area contributed by atoms with Gasteiger partial charge in [-0.1, -0.05) is 0 Å². The predicted molar refractivity (Wildman–Crippen MR) is 73.9 cm³/mol. The van der Waals surface area contributed by atoms with Crippen molar-refractivity contribution in [1.29, 1.82) is 0 Å². The van der Waals surface area contributed by atoms with Gasteiger partial charge in [0.1, 0.15) is 0 Å². The molecule has 1 aliphatic rings. The number of hydrogen-bond acceptors (Lipinski definition) is 6. The van der Waals surface area contributed by atoms with Gasteiger partial charge in [0, 0.05) is 0 Å². The predicted octanol–water partition coefficient (Wildman–Crippen LogP) is -5.03. The molecule has 0 aromatic carbocycles. The summed E-state index contributed by atoms with van der Waals surface area (Å²) in [5, 5.41) is 0. The van der Waals surface area contributed by atoms with Crippen molar-refractivity contribution in [3.8, 4) is 0 Å². The zero-order valence-electron chi connectivity index (χ0n) is 12.4. The number of rotatable bonds is 0. The van der Waals surface area contributed by atoms with Gasteiger partial charge in [-0.2, -0.15) is 0 Å². The van der Waals surface area contributed by atoms with Crippen LogP contribution in [-0.2, 0) is 16.0 Å². The Kier molecular flexibility index (Phi) is 21.7. The number of halogens is 2. The quantitative estimate of drug-likeness (QED) is 0.232. The maximum absolute atomic E-state index is 5.60. The molecular formula is C12H29Cl2CuN6. The van der Waals surface area contributed by atoms with Crippen LogP contribution in [0, 0.1) is 0 Å². The van der Waals surface area contributed by atoms with E-state index in [2.05, 4.69) is 33.0 Å². The number of nitrogens with one attached hydrogen (secondary N) is 6. The van der Waals surface area contributed by atoms with Gasteiger partial charge < -0.3 is 24.8 Å². The second kappa shape index (κ2) is 18.9. The third kappa shape index (κ3) is 17.1. The molecule has 132 valence electrons. The Morgan fingerprint density at radius 1 is 0.571 bits per heavy atom. The Bertz CT molecular complexity index is 187. The van der Waals surface area contributed by atoms with E-state index in [1.54, 1.807) is 0 Å². The molecule has 9 heteroatoms. The van der Waals surface area contributed by atoms with E-state index in [9.17, 15) is 0 Å². The van der Waals surface area contributed by atoms with E-state index in [1.807, 2.05) is 0 Å². The number of hydrazine groups is 5. The molecule has 6 N–H and O–H groups in total. The molecule has 1 unspecified atom stereocenters. The van der Waals surface area contributed by atoms with E-state index in [0.29, 0.717) is 4.82 Å². The minimum absolute atomic E-state index is 0. The van der Waals surface area contributed by atoms with Crippen molar-refractivity contribution in [2.45, 2.75) is 62.6 Å². The van der Waals surface area contributed by atoms with Crippen molar-refractivity contribution < 1.29 is 40.8 Å². The van der Waals surface area contributed by atoms with Gasteiger partial charge in [0.05, 0.1) is 0 Å². The third-order valence-electron chi connectivity index (χ3n) is 3.22. The average molecular weight is 392 g/mol. The molecule has 0 aromatic rings. The molecule has 0 aromatic heterocycles. The Hall–Kier alpha value is 0.859. The fourth-order valence-corrected chi connectivity index (χ4v) is 2.41. The summed E-state index contributed by atoms with van der Waals surface area (Å²) in [4.78, 5) is 0.369. The molecule has 1 fully saturated rings. The van der Waals surface area contributed by atoms with Crippen molar-refractivity contribution in [1.82, 2.24) is 33.0 Å². The Labute approximate surface area is 149 Å². The van der Waals surface area contributed by atoms with Crippen LogP contribution in [0.2, 0.25) is 4.82 Å². The van der Waals surface area contributed by atoms with Crippen LogP contribution in [0.15, 0.2) is 0 Å². The zero-order valence-corrected chi connectivity index (χ0v) is 14.9. The average Bonchev–Trinajstić information content (AvgIpc) is 2.41. The molecule has 0 aliphatic carbocycles. The van der Waals surface area contributed by atoms with Crippen LogP contribution in [0.4, 0.5) is 0 Å². The molecule has 21 heavy (non-hydrogen) atoms. The second-order valence-electron chi connectivity index (χ2n) is 4.94. The summed E-state index contributed by atoms with van der Waals surface area (Å²) in [6.45, 7) is 1.84. The summed E-state index contributed by atoms with van der Waals surface area (Å²) in [5.74, 6) is 0. The number of hydrogen-bond donors (Lipinski definition) is 6. The van der Waals surface area contributed by atoms with Gasteiger partial charge in [-0.05, 0) is 0 Å². The SMILES string of the molecule is [Cl-].[Cl-].[Cu+2][CH]1CCCCCCCCCNNNNNNCC1. The van der Waals surface area contributed by atoms with Crippen molar-refractivity contribution in [2.75, 3.05) is 13.1 Å². The molecule has 1 rings (SSSR count). The summed E-state index contributed by atoms with van der Waals surface area (Å²) >= 11 is 5.60. The summed E-state index contributed by atoms with van der Waals surface area (Å²) < 4.78 is 0. The topological polar surface area (TPSA) is 72.2 Å². The molecule has 1 heterocycles. The van der Waals surface area contributed by atoms with Crippen LogP contribution in [-0.4, -0.2) is 13.1 Å². The maximum atomic E-state index is 5.60. The molecule has 1 saturated heterocycles. The van der Waals surface area contributed by atoms with E-state index in [1.165, 1.54) is 51.4 Å². The fraction of sp³-hybridized carbons (Fsp3) is 1.00. The van der Waals surface area contributed by atoms with Crippen LogP contribution in [0.1, 0.15) is 57.8 Å². The fourth-order valence-electron chi connectivity index (χ4n) is 2.09. The Morgan fingerprint density at radius 3 is 1.76 bits per heavy atom. The van der Waals surface area contributed by atoms with Crippen LogP contribution in [0.3, 0.4) is 0 Å². The monoisotopic (exact) mass is 390 g/mol. The standard InChI is InChI=1S/C12H29N6.2ClH.Cu/c1-2-4-6-8-10-12-14-16-18-17-15-13-11-9-7-5-3-1;;;/h7,13-18H,1-6,8-12H2;2*1H;/q;;;+2/p-2. The third-order valence-corrected chi connectivity index (χ3v) is 3.77. The zero-order chi connectivity index (χ0) is 13.6. The van der Waals surface area contributed by atoms with Gasteiger partial charge in [0.15, 0.2) is 0 Å². The van der Waals surface area contributed by atoms with Crippen LogP contribution in [0.25, 0.3) is 0 Å². The van der Waals surface area contributed by atoms with Gasteiger partial charge in [0.25, 0.3) is 0 Å². The molecule has 0 spiro atoms. The van der Waals surface area contributed by atoms with E-state index < -0.39 is 0 Å². The van der Waals surface area contributed by atoms with E-state index >= 15 is 0 Å².